The van der Waals surface area contributed by atoms with Crippen LogP contribution in [0.4, 0.5) is 22.7 Å². The van der Waals surface area contributed by atoms with Crippen LogP contribution in [0.25, 0.3) is 0 Å². The van der Waals surface area contributed by atoms with E-state index in [4.69, 9.17) is 0 Å². The van der Waals surface area contributed by atoms with E-state index in [0.717, 1.165) is 40.5 Å². The van der Waals surface area contributed by atoms with Gasteiger partial charge in [-0.2, -0.15) is 0 Å². The van der Waals surface area contributed by atoms with Crippen molar-refractivity contribution in [3.63, 3.8) is 0 Å². The molecule has 0 heterocycles. The monoisotopic (exact) mass is 464 g/mol. The van der Waals surface area contributed by atoms with Crippen molar-refractivity contribution >= 4 is 28.5 Å². The first-order valence-electron chi connectivity index (χ1n) is 12.9. The quantitative estimate of drug-likeness (QED) is 0.271. The van der Waals surface area contributed by atoms with E-state index >= 15 is 0 Å². The Balaban J connectivity index is 1.28. The molecule has 3 aromatic carbocycles. The lowest BCUT2D eigenvalue weighted by Crippen LogP contribution is -2.38. The summed E-state index contributed by atoms with van der Waals surface area (Å²) in [7, 11) is 0. The molecule has 0 radical (unpaired) electrons. The summed E-state index contributed by atoms with van der Waals surface area (Å²) < 4.78 is 0. The SMILES string of the molecule is C=CC(=O)c1ccccc1Nc1cccc(Nc2ccc(C3(C)CC4CC(C)CC(C4)C3)cc2)c1. The van der Waals surface area contributed by atoms with Crippen LogP contribution in [-0.2, 0) is 5.41 Å². The molecule has 0 spiro atoms. The number of nitrogens with one attached hydrogen (secondary N) is 2. The van der Waals surface area contributed by atoms with Gasteiger partial charge in [0, 0.05) is 28.3 Å². The van der Waals surface area contributed by atoms with Gasteiger partial charge >= 0.3 is 0 Å². The van der Waals surface area contributed by atoms with Crippen LogP contribution in [-0.4, -0.2) is 5.78 Å². The van der Waals surface area contributed by atoms with E-state index in [0.29, 0.717) is 11.0 Å². The van der Waals surface area contributed by atoms with Gasteiger partial charge in [0.15, 0.2) is 5.78 Å². The third kappa shape index (κ3) is 5.19. The Morgan fingerprint density at radius 1 is 0.857 bits per heavy atom. The topological polar surface area (TPSA) is 41.1 Å². The number of benzene rings is 3. The highest BCUT2D eigenvalue weighted by Crippen LogP contribution is 2.51. The van der Waals surface area contributed by atoms with Crippen LogP contribution < -0.4 is 10.6 Å². The summed E-state index contributed by atoms with van der Waals surface area (Å²) in [6.45, 7) is 8.53. The van der Waals surface area contributed by atoms with Crippen molar-refractivity contribution in [2.75, 3.05) is 10.6 Å². The molecule has 2 fully saturated rings. The Morgan fingerprint density at radius 3 is 2.20 bits per heavy atom. The van der Waals surface area contributed by atoms with Crippen LogP contribution in [0.1, 0.15) is 61.9 Å². The zero-order valence-corrected chi connectivity index (χ0v) is 20.9. The highest BCUT2D eigenvalue weighted by molar-refractivity contribution is 6.08. The number of hydrogen-bond donors (Lipinski definition) is 2. The number of rotatable bonds is 7. The van der Waals surface area contributed by atoms with Crippen molar-refractivity contribution in [1.29, 1.82) is 0 Å². The van der Waals surface area contributed by atoms with Gasteiger partial charge in [0.25, 0.3) is 0 Å². The second-order valence-corrected chi connectivity index (χ2v) is 11.0. The van der Waals surface area contributed by atoms with E-state index < -0.39 is 0 Å². The zero-order valence-electron chi connectivity index (χ0n) is 20.9. The van der Waals surface area contributed by atoms with Crippen LogP contribution in [0.3, 0.4) is 0 Å². The smallest absolute Gasteiger partial charge is 0.187 e. The highest BCUT2D eigenvalue weighted by Gasteiger charge is 2.41. The summed E-state index contributed by atoms with van der Waals surface area (Å²) in [6.07, 6.45) is 8.25. The van der Waals surface area contributed by atoms with E-state index in [2.05, 4.69) is 67.5 Å². The average Bonchev–Trinajstić information content (AvgIpc) is 2.83. The minimum atomic E-state index is -0.0905. The van der Waals surface area contributed by atoms with Crippen molar-refractivity contribution < 1.29 is 4.79 Å². The fourth-order valence-corrected chi connectivity index (χ4v) is 6.69. The molecule has 3 aromatic rings. The summed E-state index contributed by atoms with van der Waals surface area (Å²) in [6, 6.07) is 24.7. The highest BCUT2D eigenvalue weighted by atomic mass is 16.1. The summed E-state index contributed by atoms with van der Waals surface area (Å²) in [4.78, 5) is 12.2. The first-order chi connectivity index (χ1) is 16.9. The van der Waals surface area contributed by atoms with Gasteiger partial charge in [0.2, 0.25) is 0 Å². The van der Waals surface area contributed by atoms with Crippen molar-refractivity contribution in [2.24, 2.45) is 17.8 Å². The first-order valence-corrected chi connectivity index (χ1v) is 12.9. The molecule has 2 saturated carbocycles. The molecule has 2 N–H and O–H groups in total. The standard InChI is InChI=1S/C32H36N2O/c1-4-31(35)29-10-5-6-11-30(29)34-28-9-7-8-27(19-28)33-26-14-12-25(13-15-26)32(3)20-23-16-22(2)17-24(18-23)21-32/h4-15,19,22-24,33-34H,1,16-18,20-21H2,2-3H3. The molecule has 2 atom stereocenters. The number of fused-ring (bicyclic) bond motifs is 2. The Morgan fingerprint density at radius 2 is 1.51 bits per heavy atom. The molecule has 0 amide bonds. The zero-order chi connectivity index (χ0) is 24.4. The fourth-order valence-electron chi connectivity index (χ4n) is 6.69. The van der Waals surface area contributed by atoms with E-state index in [1.807, 2.05) is 36.4 Å². The summed E-state index contributed by atoms with van der Waals surface area (Å²) in [5.41, 5.74) is 6.18. The maximum Gasteiger partial charge on any atom is 0.187 e. The number of ketones is 1. The van der Waals surface area contributed by atoms with Crippen molar-refractivity contribution in [2.45, 2.75) is 51.4 Å². The normalized spacial score (nSPS) is 25.5. The largest absolute Gasteiger partial charge is 0.355 e. The van der Waals surface area contributed by atoms with Gasteiger partial charge in [0.1, 0.15) is 0 Å². The van der Waals surface area contributed by atoms with Crippen molar-refractivity contribution in [3.05, 3.63) is 96.6 Å². The van der Waals surface area contributed by atoms with Crippen LogP contribution >= 0.6 is 0 Å². The minimum absolute atomic E-state index is 0.0905. The molecule has 2 bridgehead atoms. The average molecular weight is 465 g/mol. The summed E-state index contributed by atoms with van der Waals surface area (Å²) >= 11 is 0. The van der Waals surface area contributed by atoms with E-state index in [9.17, 15) is 4.79 Å². The molecule has 3 heteroatoms. The van der Waals surface area contributed by atoms with Gasteiger partial charge in [-0.3, -0.25) is 4.79 Å². The maximum atomic E-state index is 12.2. The summed E-state index contributed by atoms with van der Waals surface area (Å²) in [5.74, 6) is 2.59. The molecular weight excluding hydrogens is 428 g/mol. The number of allylic oxidation sites excluding steroid dienone is 1. The van der Waals surface area contributed by atoms with Gasteiger partial charge in [-0.25, -0.2) is 0 Å². The van der Waals surface area contributed by atoms with E-state index in [-0.39, 0.29) is 5.78 Å². The summed E-state index contributed by atoms with van der Waals surface area (Å²) in [5, 5.41) is 6.93. The predicted molar refractivity (Wildman–Crippen MR) is 147 cm³/mol. The molecule has 5 rings (SSSR count). The lowest BCUT2D eigenvalue weighted by molar-refractivity contribution is 0.0899. The van der Waals surface area contributed by atoms with Gasteiger partial charge in [0.05, 0.1) is 0 Å². The second kappa shape index (κ2) is 9.73. The Kier molecular flexibility index (Phi) is 6.51. The number of hydrogen-bond acceptors (Lipinski definition) is 3. The molecule has 180 valence electrons. The molecule has 2 aliphatic rings. The number of carbonyl (C=O) groups is 1. The molecule has 2 unspecified atom stereocenters. The van der Waals surface area contributed by atoms with Crippen molar-refractivity contribution in [3.8, 4) is 0 Å². The van der Waals surface area contributed by atoms with Crippen LogP contribution in [0.5, 0.6) is 0 Å². The lowest BCUT2D eigenvalue weighted by atomic mass is 9.57. The molecular formula is C32H36N2O. The van der Waals surface area contributed by atoms with Crippen molar-refractivity contribution in [1.82, 2.24) is 0 Å². The Bertz CT molecular complexity index is 1190. The van der Waals surface area contributed by atoms with Gasteiger partial charge in [-0.15, -0.1) is 0 Å². The predicted octanol–water partition coefficient (Wildman–Crippen LogP) is 8.65. The van der Waals surface area contributed by atoms with Gasteiger partial charge < -0.3 is 10.6 Å². The lowest BCUT2D eigenvalue weighted by Gasteiger charge is -2.47. The third-order valence-electron chi connectivity index (χ3n) is 8.01. The minimum Gasteiger partial charge on any atom is -0.355 e. The van der Waals surface area contributed by atoms with Crippen LogP contribution in [0, 0.1) is 17.8 Å². The van der Waals surface area contributed by atoms with Crippen LogP contribution in [0.15, 0.2) is 85.5 Å². The van der Waals surface area contributed by atoms with E-state index in [1.165, 1.54) is 43.7 Å². The number of carbonyl (C=O) groups excluding carboxylic acids is 1. The molecule has 35 heavy (non-hydrogen) atoms. The fraction of sp³-hybridized carbons (Fsp3) is 0.344. The first kappa shape index (κ1) is 23.4. The van der Waals surface area contributed by atoms with E-state index in [1.54, 1.807) is 0 Å². The molecule has 2 aliphatic carbocycles. The Labute approximate surface area is 209 Å². The van der Waals surface area contributed by atoms with Crippen LogP contribution in [0.2, 0.25) is 0 Å². The molecule has 0 aromatic heterocycles. The second-order valence-electron chi connectivity index (χ2n) is 11.0. The molecule has 0 aliphatic heterocycles. The van der Waals surface area contributed by atoms with Gasteiger partial charge in [-0.1, -0.05) is 50.8 Å². The number of anilines is 4. The number of para-hydroxylation sites is 1. The van der Waals surface area contributed by atoms with Gasteiger partial charge in [-0.05, 0) is 109 Å². The molecule has 0 saturated heterocycles. The maximum absolute atomic E-state index is 12.2. The third-order valence-corrected chi connectivity index (χ3v) is 8.01. The Hall–Kier alpha value is -3.33. The molecule has 3 nitrogen and oxygen atoms in total.